The molecule has 4 nitrogen and oxygen atoms in total. The Morgan fingerprint density at radius 1 is 1.28 bits per heavy atom. The van der Waals surface area contributed by atoms with Gasteiger partial charge in [0.2, 0.25) is 0 Å². The van der Waals surface area contributed by atoms with Gasteiger partial charge in [0.15, 0.2) is 0 Å². The van der Waals surface area contributed by atoms with E-state index >= 15 is 0 Å². The van der Waals surface area contributed by atoms with E-state index < -0.39 is 0 Å². The van der Waals surface area contributed by atoms with Crippen LogP contribution in [0.25, 0.3) is 0 Å². The molecule has 2 fully saturated rings. The molecule has 1 heterocycles. The summed E-state index contributed by atoms with van der Waals surface area (Å²) in [5, 5.41) is 17.6. The molecule has 3 aliphatic rings. The Hall–Kier alpha value is -1.91. The minimum Gasteiger partial charge on any atom is -0.491 e. The maximum Gasteiger partial charge on any atom is 0.119 e. The van der Waals surface area contributed by atoms with Gasteiger partial charge in [0.25, 0.3) is 0 Å². The van der Waals surface area contributed by atoms with E-state index in [1.165, 1.54) is 17.4 Å². The SMILES string of the molecule is CC(C)Oc1ccc(CC2=CC(C3CC(CO)CC4(CC4)O3)CC=C2C=N)cc1. The average Bonchev–Trinajstić information content (AvgIpc) is 3.46. The molecule has 1 aliphatic heterocycles. The lowest BCUT2D eigenvalue weighted by molar-refractivity contribution is -0.111. The fraction of sp³-hybridized carbons (Fsp3) is 0.560. The monoisotopic (exact) mass is 395 g/mol. The summed E-state index contributed by atoms with van der Waals surface area (Å²) in [4.78, 5) is 0. The van der Waals surface area contributed by atoms with Crippen molar-refractivity contribution in [3.05, 3.63) is 53.1 Å². The van der Waals surface area contributed by atoms with E-state index in [0.29, 0.717) is 11.8 Å². The zero-order valence-corrected chi connectivity index (χ0v) is 17.6. The van der Waals surface area contributed by atoms with Gasteiger partial charge in [-0.15, -0.1) is 0 Å². The number of rotatable bonds is 7. The maximum atomic E-state index is 9.75. The van der Waals surface area contributed by atoms with Gasteiger partial charge in [0.05, 0.1) is 17.8 Å². The van der Waals surface area contributed by atoms with Crippen LogP contribution < -0.4 is 4.74 Å². The van der Waals surface area contributed by atoms with Crippen LogP contribution in [0, 0.1) is 17.2 Å². The lowest BCUT2D eigenvalue weighted by Crippen LogP contribution is -2.39. The average molecular weight is 396 g/mol. The van der Waals surface area contributed by atoms with E-state index in [9.17, 15) is 5.11 Å². The van der Waals surface area contributed by atoms with Gasteiger partial charge in [0.1, 0.15) is 5.75 Å². The first kappa shape index (κ1) is 20.4. The quantitative estimate of drug-likeness (QED) is 0.648. The van der Waals surface area contributed by atoms with Gasteiger partial charge < -0.3 is 20.0 Å². The first-order valence-electron chi connectivity index (χ1n) is 11.0. The zero-order valence-electron chi connectivity index (χ0n) is 17.6. The molecule has 1 aromatic carbocycles. The van der Waals surface area contributed by atoms with E-state index in [-0.39, 0.29) is 24.4 Å². The lowest BCUT2D eigenvalue weighted by atomic mass is 9.79. The normalized spacial score (nSPS) is 28.1. The molecule has 2 aliphatic carbocycles. The predicted molar refractivity (Wildman–Crippen MR) is 116 cm³/mol. The smallest absolute Gasteiger partial charge is 0.119 e. The molecular formula is C25H33NO3. The molecule has 1 saturated heterocycles. The van der Waals surface area contributed by atoms with Crippen molar-refractivity contribution in [2.24, 2.45) is 11.8 Å². The predicted octanol–water partition coefficient (Wildman–Crippen LogP) is 4.86. The second kappa shape index (κ2) is 8.45. The maximum absolute atomic E-state index is 9.75. The van der Waals surface area contributed by atoms with Crippen LogP contribution in [-0.2, 0) is 11.2 Å². The van der Waals surface area contributed by atoms with Crippen molar-refractivity contribution in [1.82, 2.24) is 0 Å². The topological polar surface area (TPSA) is 62.5 Å². The minimum absolute atomic E-state index is 0.0438. The van der Waals surface area contributed by atoms with Crippen molar-refractivity contribution >= 4 is 6.21 Å². The van der Waals surface area contributed by atoms with Gasteiger partial charge in [-0.25, -0.2) is 0 Å². The van der Waals surface area contributed by atoms with Gasteiger partial charge in [-0.2, -0.15) is 0 Å². The zero-order chi connectivity index (χ0) is 20.4. The summed E-state index contributed by atoms with van der Waals surface area (Å²) in [5.74, 6) is 1.57. The van der Waals surface area contributed by atoms with Crippen molar-refractivity contribution in [2.75, 3.05) is 6.61 Å². The number of benzene rings is 1. The first-order valence-corrected chi connectivity index (χ1v) is 11.0. The summed E-state index contributed by atoms with van der Waals surface area (Å²) in [5.41, 5.74) is 3.48. The highest BCUT2D eigenvalue weighted by Crippen LogP contribution is 2.51. The lowest BCUT2D eigenvalue weighted by Gasteiger charge is -2.39. The minimum atomic E-state index is 0.0438. The van der Waals surface area contributed by atoms with Gasteiger partial charge in [-0.3, -0.25) is 0 Å². The van der Waals surface area contributed by atoms with Crippen molar-refractivity contribution < 1.29 is 14.6 Å². The Kier molecular flexibility index (Phi) is 5.93. The second-order valence-corrected chi connectivity index (χ2v) is 9.21. The van der Waals surface area contributed by atoms with Crippen LogP contribution in [0.5, 0.6) is 5.75 Å². The third-order valence-corrected chi connectivity index (χ3v) is 6.41. The van der Waals surface area contributed by atoms with Gasteiger partial charge in [-0.05, 0) is 87.1 Å². The molecule has 0 amide bonds. The molecule has 2 N–H and O–H groups in total. The molecule has 0 bridgehead atoms. The van der Waals surface area contributed by atoms with Gasteiger partial charge >= 0.3 is 0 Å². The van der Waals surface area contributed by atoms with Crippen molar-refractivity contribution in [2.45, 2.75) is 70.2 Å². The molecule has 0 aromatic heterocycles. The van der Waals surface area contributed by atoms with Crippen LogP contribution in [-0.4, -0.2) is 35.7 Å². The summed E-state index contributed by atoms with van der Waals surface area (Å²) in [6, 6.07) is 8.28. The molecule has 0 radical (unpaired) electrons. The third-order valence-electron chi connectivity index (χ3n) is 6.41. The summed E-state index contributed by atoms with van der Waals surface area (Å²) >= 11 is 0. The number of allylic oxidation sites excluding steroid dienone is 3. The standard InChI is InChI=1S/C25H33NO3/c1-17(2)28-23-7-3-18(4-8-23)11-22-13-20(5-6-21(22)15-26)24-12-19(16-27)14-25(29-24)9-10-25/h3-4,6-8,13,15,17,19-20,24,26-27H,5,9-12,14,16H2,1-2H3. The molecule has 29 heavy (non-hydrogen) atoms. The fourth-order valence-corrected chi connectivity index (χ4v) is 4.78. The molecular weight excluding hydrogens is 362 g/mol. The van der Waals surface area contributed by atoms with Crippen molar-refractivity contribution in [1.29, 1.82) is 5.41 Å². The number of nitrogens with one attached hydrogen (secondary N) is 1. The molecule has 1 saturated carbocycles. The van der Waals surface area contributed by atoms with E-state index in [1.807, 2.05) is 26.0 Å². The van der Waals surface area contributed by atoms with E-state index in [0.717, 1.165) is 49.8 Å². The van der Waals surface area contributed by atoms with Gasteiger partial charge in [-0.1, -0.05) is 24.3 Å². The largest absolute Gasteiger partial charge is 0.491 e. The summed E-state index contributed by atoms with van der Waals surface area (Å²) in [6.07, 6.45) is 12.3. The summed E-state index contributed by atoms with van der Waals surface area (Å²) in [7, 11) is 0. The van der Waals surface area contributed by atoms with Crippen LogP contribution in [0.4, 0.5) is 0 Å². The number of aliphatic hydroxyl groups excluding tert-OH is 1. The molecule has 1 aromatic rings. The fourth-order valence-electron chi connectivity index (χ4n) is 4.78. The highest BCUT2D eigenvalue weighted by Gasteiger charge is 2.51. The Labute approximate surface area is 174 Å². The molecule has 156 valence electrons. The second-order valence-electron chi connectivity index (χ2n) is 9.21. The third kappa shape index (κ3) is 4.81. The van der Waals surface area contributed by atoms with Crippen LogP contribution in [0.1, 0.15) is 51.5 Å². The Morgan fingerprint density at radius 3 is 2.66 bits per heavy atom. The Balaban J connectivity index is 1.49. The van der Waals surface area contributed by atoms with Crippen LogP contribution >= 0.6 is 0 Å². The van der Waals surface area contributed by atoms with Crippen LogP contribution in [0.2, 0.25) is 0 Å². The molecule has 4 heteroatoms. The Bertz CT molecular complexity index is 789. The van der Waals surface area contributed by atoms with Crippen molar-refractivity contribution in [3.8, 4) is 5.75 Å². The molecule has 3 atom stereocenters. The highest BCUT2D eigenvalue weighted by molar-refractivity contribution is 5.83. The highest BCUT2D eigenvalue weighted by atomic mass is 16.5. The number of hydrogen-bond donors (Lipinski definition) is 2. The summed E-state index contributed by atoms with van der Waals surface area (Å²) in [6.45, 7) is 4.32. The molecule has 3 unspecified atom stereocenters. The molecule has 1 spiro atoms. The number of aliphatic hydroxyl groups is 1. The first-order chi connectivity index (χ1) is 14.0. The summed E-state index contributed by atoms with van der Waals surface area (Å²) < 4.78 is 12.3. The number of ether oxygens (including phenoxy) is 2. The number of hydrogen-bond acceptors (Lipinski definition) is 4. The Morgan fingerprint density at radius 2 is 2.03 bits per heavy atom. The molecule has 4 rings (SSSR count). The van der Waals surface area contributed by atoms with Crippen LogP contribution in [0.15, 0.2) is 47.6 Å². The van der Waals surface area contributed by atoms with Crippen LogP contribution in [0.3, 0.4) is 0 Å². The van der Waals surface area contributed by atoms with E-state index in [4.69, 9.17) is 14.9 Å². The van der Waals surface area contributed by atoms with Crippen molar-refractivity contribution in [3.63, 3.8) is 0 Å². The van der Waals surface area contributed by atoms with Gasteiger partial charge in [0, 0.05) is 18.7 Å². The van der Waals surface area contributed by atoms with E-state index in [2.05, 4.69) is 24.3 Å². The van der Waals surface area contributed by atoms with E-state index in [1.54, 1.807) is 0 Å².